The Bertz CT molecular complexity index is 93.8. The molecule has 0 aliphatic rings. The summed E-state index contributed by atoms with van der Waals surface area (Å²) in [6.07, 6.45) is 3.70. The number of hydrogen-bond donors (Lipinski definition) is 1. The Morgan fingerprint density at radius 2 is 2.00 bits per heavy atom. The summed E-state index contributed by atoms with van der Waals surface area (Å²) in [4.78, 5) is 0. The maximum atomic E-state index is 5.83. The maximum absolute atomic E-state index is 5.83. The Hall–Kier alpha value is 0.250. The van der Waals surface area contributed by atoms with Gasteiger partial charge in [-0.3, -0.25) is 0 Å². The number of halogens is 1. The van der Waals surface area contributed by atoms with Crippen LogP contribution < -0.4 is 5.32 Å². The Balaban J connectivity index is 3.39. The maximum Gasteiger partial charge on any atom is 0.0377 e. The molecule has 0 aliphatic carbocycles. The molecule has 0 bridgehead atoms. The van der Waals surface area contributed by atoms with Gasteiger partial charge in [0, 0.05) is 11.9 Å². The van der Waals surface area contributed by atoms with Crippen LogP contribution >= 0.6 is 11.6 Å². The molecule has 0 saturated carbocycles. The minimum atomic E-state index is 0.512. The third-order valence-corrected chi connectivity index (χ3v) is 2.28. The summed E-state index contributed by atoms with van der Waals surface area (Å²) < 4.78 is 0. The second kappa shape index (κ2) is 7.88. The van der Waals surface area contributed by atoms with Gasteiger partial charge in [-0.25, -0.2) is 0 Å². The average molecular weight is 192 g/mol. The molecular weight excluding hydrogens is 170 g/mol. The molecule has 0 aromatic rings. The molecule has 0 aromatic heterocycles. The molecule has 0 saturated heterocycles. The lowest BCUT2D eigenvalue weighted by molar-refractivity contribution is 0.442. The van der Waals surface area contributed by atoms with Gasteiger partial charge in [0.2, 0.25) is 0 Å². The quantitative estimate of drug-likeness (QED) is 0.482. The molecule has 0 amide bonds. The van der Waals surface area contributed by atoms with Crippen molar-refractivity contribution in [1.29, 1.82) is 0 Å². The van der Waals surface area contributed by atoms with Crippen LogP contribution in [-0.2, 0) is 0 Å². The number of alkyl halides is 1. The Kier molecular flexibility index (Phi) is 8.04. The van der Waals surface area contributed by atoms with Gasteiger partial charge in [0.1, 0.15) is 0 Å². The molecule has 1 unspecified atom stereocenters. The van der Waals surface area contributed by atoms with E-state index in [0.717, 1.165) is 18.3 Å². The van der Waals surface area contributed by atoms with E-state index in [2.05, 4.69) is 26.1 Å². The highest BCUT2D eigenvalue weighted by Gasteiger charge is 2.07. The van der Waals surface area contributed by atoms with Crippen LogP contribution in [0, 0.1) is 5.92 Å². The van der Waals surface area contributed by atoms with Crippen molar-refractivity contribution in [3.05, 3.63) is 0 Å². The molecule has 0 heterocycles. The summed E-state index contributed by atoms with van der Waals surface area (Å²) in [5, 5.41) is 3.47. The van der Waals surface area contributed by atoms with Crippen molar-refractivity contribution in [2.75, 3.05) is 12.4 Å². The van der Waals surface area contributed by atoms with Gasteiger partial charge in [-0.15, -0.1) is 11.6 Å². The number of unbranched alkanes of at least 4 members (excludes halogenated alkanes) is 1. The first-order valence-corrected chi connectivity index (χ1v) is 5.53. The van der Waals surface area contributed by atoms with E-state index in [-0.39, 0.29) is 0 Å². The van der Waals surface area contributed by atoms with Crippen molar-refractivity contribution in [3.63, 3.8) is 0 Å². The molecular formula is C10H22ClN. The second-order valence-corrected chi connectivity index (χ2v) is 4.10. The molecule has 0 aromatic carbocycles. The van der Waals surface area contributed by atoms with Gasteiger partial charge in [-0.05, 0) is 25.3 Å². The number of hydrogen-bond acceptors (Lipinski definition) is 1. The van der Waals surface area contributed by atoms with E-state index in [1.807, 2.05) is 0 Å². The van der Waals surface area contributed by atoms with Crippen LogP contribution in [-0.4, -0.2) is 18.5 Å². The van der Waals surface area contributed by atoms with Crippen molar-refractivity contribution in [1.82, 2.24) is 5.32 Å². The predicted molar refractivity (Wildman–Crippen MR) is 56.9 cm³/mol. The molecule has 1 N–H and O–H groups in total. The van der Waals surface area contributed by atoms with Gasteiger partial charge in [-0.2, -0.15) is 0 Å². The summed E-state index contributed by atoms with van der Waals surface area (Å²) in [6.45, 7) is 7.79. The molecule has 0 radical (unpaired) electrons. The van der Waals surface area contributed by atoms with Crippen molar-refractivity contribution in [2.24, 2.45) is 5.92 Å². The molecule has 0 fully saturated rings. The zero-order valence-electron chi connectivity index (χ0n) is 8.57. The highest BCUT2D eigenvalue weighted by molar-refractivity contribution is 6.18. The molecule has 0 spiro atoms. The Morgan fingerprint density at radius 3 is 2.42 bits per heavy atom. The first kappa shape index (κ1) is 12.2. The van der Waals surface area contributed by atoms with E-state index in [1.54, 1.807) is 0 Å². The summed E-state index contributed by atoms with van der Waals surface area (Å²) in [6, 6.07) is 0.512. The first-order valence-electron chi connectivity index (χ1n) is 5.00. The minimum absolute atomic E-state index is 0.512. The van der Waals surface area contributed by atoms with Crippen LogP contribution in [0.5, 0.6) is 0 Å². The highest BCUT2D eigenvalue weighted by Crippen LogP contribution is 2.06. The fourth-order valence-electron chi connectivity index (χ4n) is 1.25. The summed E-state index contributed by atoms with van der Waals surface area (Å²) >= 11 is 5.83. The van der Waals surface area contributed by atoms with Crippen molar-refractivity contribution in [2.45, 2.75) is 46.1 Å². The molecule has 74 valence electrons. The standard InChI is InChI=1S/C10H22ClN/c1-4-5-6-12-10(8-11)7-9(2)3/h9-10,12H,4-8H2,1-3H3. The van der Waals surface area contributed by atoms with E-state index < -0.39 is 0 Å². The van der Waals surface area contributed by atoms with Crippen LogP contribution in [0.15, 0.2) is 0 Å². The number of nitrogens with one attached hydrogen (secondary N) is 1. The zero-order valence-corrected chi connectivity index (χ0v) is 9.32. The second-order valence-electron chi connectivity index (χ2n) is 3.79. The minimum Gasteiger partial charge on any atom is -0.313 e. The summed E-state index contributed by atoms with van der Waals surface area (Å²) in [5.41, 5.74) is 0. The smallest absolute Gasteiger partial charge is 0.0377 e. The highest BCUT2D eigenvalue weighted by atomic mass is 35.5. The Morgan fingerprint density at radius 1 is 1.33 bits per heavy atom. The normalized spacial score (nSPS) is 13.8. The van der Waals surface area contributed by atoms with Crippen LogP contribution in [0.25, 0.3) is 0 Å². The van der Waals surface area contributed by atoms with Gasteiger partial charge in [0.15, 0.2) is 0 Å². The van der Waals surface area contributed by atoms with Crippen LogP contribution in [0.2, 0.25) is 0 Å². The first-order chi connectivity index (χ1) is 5.70. The molecule has 2 heteroatoms. The lowest BCUT2D eigenvalue weighted by Gasteiger charge is -2.17. The average Bonchev–Trinajstić information content (AvgIpc) is 2.02. The van der Waals surface area contributed by atoms with E-state index in [0.29, 0.717) is 6.04 Å². The SMILES string of the molecule is CCCCNC(CCl)CC(C)C. The van der Waals surface area contributed by atoms with Crippen LogP contribution in [0.1, 0.15) is 40.0 Å². The van der Waals surface area contributed by atoms with Crippen LogP contribution in [0.3, 0.4) is 0 Å². The monoisotopic (exact) mass is 191 g/mol. The third kappa shape index (κ3) is 6.93. The van der Waals surface area contributed by atoms with E-state index >= 15 is 0 Å². The summed E-state index contributed by atoms with van der Waals surface area (Å²) in [5.74, 6) is 1.48. The zero-order chi connectivity index (χ0) is 9.40. The van der Waals surface area contributed by atoms with Crippen molar-refractivity contribution < 1.29 is 0 Å². The third-order valence-electron chi connectivity index (χ3n) is 1.91. The van der Waals surface area contributed by atoms with Gasteiger partial charge >= 0.3 is 0 Å². The topological polar surface area (TPSA) is 12.0 Å². The van der Waals surface area contributed by atoms with Gasteiger partial charge in [0.25, 0.3) is 0 Å². The van der Waals surface area contributed by atoms with E-state index in [4.69, 9.17) is 11.6 Å². The van der Waals surface area contributed by atoms with E-state index in [9.17, 15) is 0 Å². The summed E-state index contributed by atoms with van der Waals surface area (Å²) in [7, 11) is 0. The molecule has 12 heavy (non-hydrogen) atoms. The van der Waals surface area contributed by atoms with Crippen molar-refractivity contribution in [3.8, 4) is 0 Å². The lowest BCUT2D eigenvalue weighted by atomic mass is 10.1. The molecule has 1 atom stereocenters. The van der Waals surface area contributed by atoms with Crippen LogP contribution in [0.4, 0.5) is 0 Å². The molecule has 1 nitrogen and oxygen atoms in total. The fourth-order valence-corrected chi connectivity index (χ4v) is 1.49. The Labute approximate surface area is 81.9 Å². The van der Waals surface area contributed by atoms with E-state index in [1.165, 1.54) is 19.3 Å². The largest absolute Gasteiger partial charge is 0.313 e. The molecule has 0 rings (SSSR count). The number of rotatable bonds is 7. The van der Waals surface area contributed by atoms with Gasteiger partial charge in [0.05, 0.1) is 0 Å². The predicted octanol–water partition coefficient (Wildman–Crippen LogP) is 3.03. The molecule has 0 aliphatic heterocycles. The van der Waals surface area contributed by atoms with Gasteiger partial charge < -0.3 is 5.32 Å². The fraction of sp³-hybridized carbons (Fsp3) is 1.00. The van der Waals surface area contributed by atoms with Crippen molar-refractivity contribution >= 4 is 11.6 Å². The van der Waals surface area contributed by atoms with Gasteiger partial charge in [-0.1, -0.05) is 27.2 Å². The lowest BCUT2D eigenvalue weighted by Crippen LogP contribution is -2.32.